The number of ether oxygens (including phenoxy) is 2. The minimum atomic E-state index is -0.393. The number of aryl methyl sites for hydroxylation is 1. The molecule has 0 saturated carbocycles. The van der Waals surface area contributed by atoms with Crippen LogP contribution in [0.4, 0.5) is 0 Å². The molecule has 1 N–H and O–H groups in total. The van der Waals surface area contributed by atoms with Crippen molar-refractivity contribution in [3.8, 4) is 11.6 Å². The van der Waals surface area contributed by atoms with Crippen molar-refractivity contribution < 1.29 is 19.1 Å². The van der Waals surface area contributed by atoms with E-state index in [2.05, 4.69) is 15.3 Å². The Morgan fingerprint density at radius 3 is 2.66 bits per heavy atom. The number of rotatable bonds is 7. The zero-order valence-electron chi connectivity index (χ0n) is 17.6. The molecule has 0 atom stereocenters. The molecule has 7 nitrogen and oxygen atoms in total. The number of nitrogens with zero attached hydrogens (tertiary/aromatic N) is 2. The van der Waals surface area contributed by atoms with Crippen molar-refractivity contribution in [3.05, 3.63) is 82.5 Å². The van der Waals surface area contributed by atoms with Gasteiger partial charge in [-0.05, 0) is 43.2 Å². The lowest BCUT2D eigenvalue weighted by Crippen LogP contribution is -2.22. The van der Waals surface area contributed by atoms with E-state index >= 15 is 0 Å². The van der Waals surface area contributed by atoms with Crippen LogP contribution in [0, 0.1) is 6.92 Å². The molecule has 0 saturated heterocycles. The van der Waals surface area contributed by atoms with Gasteiger partial charge in [-0.1, -0.05) is 36.4 Å². The quantitative estimate of drug-likeness (QED) is 0.405. The Kier molecular flexibility index (Phi) is 6.42. The van der Waals surface area contributed by atoms with E-state index in [0.29, 0.717) is 51.0 Å². The second-order valence-corrected chi connectivity index (χ2v) is 7.93. The summed E-state index contributed by atoms with van der Waals surface area (Å²) in [7, 11) is 0. The van der Waals surface area contributed by atoms with E-state index in [1.807, 2.05) is 37.3 Å². The molecule has 0 aliphatic rings. The maximum absolute atomic E-state index is 12.6. The summed E-state index contributed by atoms with van der Waals surface area (Å²) in [5.74, 6) is 0.182. The Labute approximate surface area is 189 Å². The summed E-state index contributed by atoms with van der Waals surface area (Å²) in [5.41, 5.74) is 2.19. The van der Waals surface area contributed by atoms with Gasteiger partial charge in [-0.25, -0.2) is 14.8 Å². The standard InChI is InChI=1S/C24H21N3O4S/c1-3-30-24(29)20-15(2)19-22(26-14-27-23(19)32-20)31-18-11-7-10-17(12-18)21(28)25-13-16-8-5-4-6-9-16/h4-12,14H,3,13H2,1-2H3,(H,25,28). The molecule has 2 heterocycles. The normalized spacial score (nSPS) is 10.7. The minimum Gasteiger partial charge on any atom is -0.462 e. The number of thiophene rings is 1. The lowest BCUT2D eigenvalue weighted by atomic mass is 10.2. The van der Waals surface area contributed by atoms with Crippen LogP contribution in [0.25, 0.3) is 10.2 Å². The van der Waals surface area contributed by atoms with E-state index < -0.39 is 5.97 Å². The highest BCUT2D eigenvalue weighted by Crippen LogP contribution is 2.36. The third-order valence-electron chi connectivity index (χ3n) is 4.76. The molecule has 162 valence electrons. The summed E-state index contributed by atoms with van der Waals surface area (Å²) in [5, 5.41) is 3.56. The van der Waals surface area contributed by atoms with Crippen LogP contribution in [0.2, 0.25) is 0 Å². The molecule has 0 fully saturated rings. The summed E-state index contributed by atoms with van der Waals surface area (Å²) in [6, 6.07) is 16.6. The number of fused-ring (bicyclic) bond motifs is 1. The number of carbonyl (C=O) groups is 2. The lowest BCUT2D eigenvalue weighted by molar-refractivity contribution is 0.0531. The van der Waals surface area contributed by atoms with Gasteiger partial charge in [-0.2, -0.15) is 0 Å². The van der Waals surface area contributed by atoms with E-state index in [1.165, 1.54) is 17.7 Å². The van der Waals surface area contributed by atoms with Crippen LogP contribution in [-0.4, -0.2) is 28.5 Å². The fraction of sp³-hybridized carbons (Fsp3) is 0.167. The Balaban J connectivity index is 1.55. The highest BCUT2D eigenvalue weighted by Gasteiger charge is 2.21. The van der Waals surface area contributed by atoms with Crippen LogP contribution in [-0.2, 0) is 11.3 Å². The number of hydrogen-bond acceptors (Lipinski definition) is 7. The van der Waals surface area contributed by atoms with Gasteiger partial charge in [0.15, 0.2) is 0 Å². The highest BCUT2D eigenvalue weighted by atomic mass is 32.1. The molecule has 0 radical (unpaired) electrons. The Morgan fingerprint density at radius 2 is 1.88 bits per heavy atom. The number of amides is 1. The minimum absolute atomic E-state index is 0.205. The number of aromatic nitrogens is 2. The van der Waals surface area contributed by atoms with Gasteiger partial charge >= 0.3 is 5.97 Å². The summed E-state index contributed by atoms with van der Waals surface area (Å²) in [6.07, 6.45) is 1.39. The monoisotopic (exact) mass is 447 g/mol. The first-order chi connectivity index (χ1) is 15.6. The van der Waals surface area contributed by atoms with Crippen molar-refractivity contribution in [2.75, 3.05) is 6.61 Å². The van der Waals surface area contributed by atoms with Gasteiger partial charge in [-0.3, -0.25) is 4.79 Å². The zero-order chi connectivity index (χ0) is 22.5. The predicted octanol–water partition coefficient (Wildman–Crippen LogP) is 4.90. The van der Waals surface area contributed by atoms with Crippen molar-refractivity contribution in [1.29, 1.82) is 0 Å². The Hall–Kier alpha value is -3.78. The number of esters is 1. The second kappa shape index (κ2) is 9.57. The van der Waals surface area contributed by atoms with Crippen LogP contribution in [0.5, 0.6) is 11.6 Å². The molecule has 0 bridgehead atoms. The molecule has 4 aromatic rings. The highest BCUT2D eigenvalue weighted by molar-refractivity contribution is 7.20. The topological polar surface area (TPSA) is 90.4 Å². The summed E-state index contributed by atoms with van der Waals surface area (Å²) < 4.78 is 11.1. The SMILES string of the molecule is CCOC(=O)c1sc2ncnc(Oc3cccc(C(=O)NCc4ccccc4)c3)c2c1C. The van der Waals surface area contributed by atoms with Crippen LogP contribution in [0.1, 0.15) is 38.1 Å². The van der Waals surface area contributed by atoms with Gasteiger partial charge in [0.2, 0.25) is 5.88 Å². The smallest absolute Gasteiger partial charge is 0.348 e. The fourth-order valence-corrected chi connectivity index (χ4v) is 4.23. The van der Waals surface area contributed by atoms with Crippen molar-refractivity contribution in [2.24, 2.45) is 0 Å². The van der Waals surface area contributed by atoms with Crippen LogP contribution in [0.3, 0.4) is 0 Å². The second-order valence-electron chi connectivity index (χ2n) is 6.93. The number of hydrogen-bond donors (Lipinski definition) is 1. The molecule has 2 aromatic carbocycles. The molecule has 0 aliphatic heterocycles. The van der Waals surface area contributed by atoms with Crippen molar-refractivity contribution in [3.63, 3.8) is 0 Å². The lowest BCUT2D eigenvalue weighted by Gasteiger charge is -2.09. The van der Waals surface area contributed by atoms with Crippen LogP contribution >= 0.6 is 11.3 Å². The largest absolute Gasteiger partial charge is 0.462 e. The molecule has 4 rings (SSSR count). The van der Waals surface area contributed by atoms with Gasteiger partial charge in [0.25, 0.3) is 5.91 Å². The van der Waals surface area contributed by atoms with E-state index in [0.717, 1.165) is 5.56 Å². The molecule has 8 heteroatoms. The average molecular weight is 448 g/mol. The third-order valence-corrected chi connectivity index (χ3v) is 5.94. The molecule has 32 heavy (non-hydrogen) atoms. The maximum atomic E-state index is 12.6. The first kappa shape index (κ1) is 21.5. The molecular formula is C24H21N3O4S. The predicted molar refractivity (Wildman–Crippen MR) is 122 cm³/mol. The first-order valence-corrected chi connectivity index (χ1v) is 10.9. The number of carbonyl (C=O) groups excluding carboxylic acids is 2. The van der Waals surface area contributed by atoms with Gasteiger partial charge in [0, 0.05) is 12.1 Å². The van der Waals surface area contributed by atoms with E-state index in [4.69, 9.17) is 9.47 Å². The third kappa shape index (κ3) is 4.60. The fourth-order valence-electron chi connectivity index (χ4n) is 3.20. The van der Waals surface area contributed by atoms with Crippen LogP contribution < -0.4 is 10.1 Å². The molecule has 1 amide bonds. The molecular weight excluding hydrogens is 426 g/mol. The van der Waals surface area contributed by atoms with E-state index in [9.17, 15) is 9.59 Å². The van der Waals surface area contributed by atoms with Gasteiger partial charge in [0.1, 0.15) is 21.8 Å². The van der Waals surface area contributed by atoms with Crippen molar-refractivity contribution in [2.45, 2.75) is 20.4 Å². The van der Waals surface area contributed by atoms with Crippen molar-refractivity contribution in [1.82, 2.24) is 15.3 Å². The Bertz CT molecular complexity index is 1270. The first-order valence-electron chi connectivity index (χ1n) is 10.1. The van der Waals surface area contributed by atoms with Gasteiger partial charge in [-0.15, -0.1) is 11.3 Å². The number of nitrogens with one attached hydrogen (secondary N) is 1. The summed E-state index contributed by atoms with van der Waals surface area (Å²) >= 11 is 1.24. The summed E-state index contributed by atoms with van der Waals surface area (Å²) in [4.78, 5) is 34.5. The van der Waals surface area contributed by atoms with Crippen molar-refractivity contribution >= 4 is 33.4 Å². The molecule has 2 aromatic heterocycles. The van der Waals surface area contributed by atoms with Crippen LogP contribution in [0.15, 0.2) is 60.9 Å². The molecule has 0 aliphatic carbocycles. The van der Waals surface area contributed by atoms with Gasteiger partial charge < -0.3 is 14.8 Å². The molecule has 0 spiro atoms. The number of benzene rings is 2. The average Bonchev–Trinajstić information content (AvgIpc) is 3.16. The maximum Gasteiger partial charge on any atom is 0.348 e. The van der Waals surface area contributed by atoms with Gasteiger partial charge in [0.05, 0.1) is 12.0 Å². The zero-order valence-corrected chi connectivity index (χ0v) is 18.4. The Morgan fingerprint density at radius 1 is 1.06 bits per heavy atom. The van der Waals surface area contributed by atoms with E-state index in [1.54, 1.807) is 31.2 Å². The molecule has 0 unspecified atom stereocenters. The van der Waals surface area contributed by atoms with E-state index in [-0.39, 0.29) is 5.91 Å². The summed E-state index contributed by atoms with van der Waals surface area (Å²) in [6.45, 7) is 4.30.